The molecule has 20 nitrogen and oxygen atoms in total. The summed E-state index contributed by atoms with van der Waals surface area (Å²) in [6.45, 7) is 19.0. The molecule has 2 aromatic heterocycles. The summed E-state index contributed by atoms with van der Waals surface area (Å²) in [5.41, 5.74) is -2.04. The first-order valence-electron chi connectivity index (χ1n) is 25.3. The van der Waals surface area contributed by atoms with Gasteiger partial charge in [0.05, 0.1) is 59.5 Å². The largest absolute Gasteiger partial charge is 0.459 e. The number of ether oxygens (including phenoxy) is 6. The van der Waals surface area contributed by atoms with Gasteiger partial charge in [-0.1, -0.05) is 31.1 Å². The first-order valence-corrected chi connectivity index (χ1v) is 26.1. The van der Waals surface area contributed by atoms with Crippen molar-refractivity contribution < 1.29 is 63.6 Å². The lowest BCUT2D eigenvalue weighted by Crippen LogP contribution is -2.61. The molecule has 0 bridgehead atoms. The van der Waals surface area contributed by atoms with Crippen LogP contribution in [0.4, 0.5) is 0 Å². The SMILES string of the molecule is CC[C@H]1OC(=O)[C@H](C)[C@@H](O[C@H]2C[C@@](C)(OC)[C@@H](O)[C@H](C)O2)[C@H](C)[C@@H](O[C@@H]2O[C@H](C)C[C@H](N(C)CCc3cn(C[C@H]4CC(c5ccc(Br)nc5)=NO4)nn3)[C@H]2O)[C@](C)(O)C[C@@H](C)CN(C)[C@H](C)[C@@H](O)[C@]1(C)O. The Bertz CT molecular complexity index is 2070. The predicted octanol–water partition coefficient (Wildman–Crippen LogP) is 3.46. The third kappa shape index (κ3) is 13.6. The molecule has 0 radical (unpaired) electrons. The van der Waals surface area contributed by atoms with Crippen molar-refractivity contribution in [3.63, 3.8) is 0 Å². The van der Waals surface area contributed by atoms with E-state index in [-0.39, 0.29) is 37.4 Å². The van der Waals surface area contributed by atoms with E-state index in [1.807, 2.05) is 58.1 Å². The molecule has 0 unspecified atom stereocenters. The lowest BCUT2D eigenvalue weighted by molar-refractivity contribution is -0.318. The zero-order chi connectivity index (χ0) is 52.3. The van der Waals surface area contributed by atoms with Crippen molar-refractivity contribution in [2.24, 2.45) is 22.9 Å². The number of likely N-dealkylation sites (N-methyl/N-ethyl adjacent to an activating group) is 2. The minimum Gasteiger partial charge on any atom is -0.459 e. The quantitative estimate of drug-likeness (QED) is 0.142. The number of pyridine rings is 1. The van der Waals surface area contributed by atoms with E-state index >= 15 is 0 Å². The van der Waals surface area contributed by atoms with Gasteiger partial charge in [0.15, 0.2) is 18.7 Å². The van der Waals surface area contributed by atoms with Crippen LogP contribution in [0.25, 0.3) is 0 Å². The summed E-state index contributed by atoms with van der Waals surface area (Å²) in [5, 5.41) is 72.8. The molecule has 6 rings (SSSR count). The van der Waals surface area contributed by atoms with Gasteiger partial charge in [0.2, 0.25) is 0 Å². The molecule has 0 saturated carbocycles. The van der Waals surface area contributed by atoms with Crippen LogP contribution in [0, 0.1) is 17.8 Å². The molecule has 402 valence electrons. The van der Waals surface area contributed by atoms with Gasteiger partial charge in [0.25, 0.3) is 0 Å². The molecule has 4 aliphatic rings. The van der Waals surface area contributed by atoms with Gasteiger partial charge in [-0.15, -0.1) is 5.10 Å². The lowest BCUT2D eigenvalue weighted by Gasteiger charge is -2.49. The Hall–Kier alpha value is -2.77. The molecule has 6 heterocycles. The molecule has 3 fully saturated rings. The van der Waals surface area contributed by atoms with Crippen LogP contribution in [-0.2, 0) is 51.0 Å². The Morgan fingerprint density at radius 2 is 1.72 bits per heavy atom. The molecule has 21 heteroatoms. The van der Waals surface area contributed by atoms with Crippen molar-refractivity contribution in [1.29, 1.82) is 0 Å². The highest BCUT2D eigenvalue weighted by Crippen LogP contribution is 2.40. The number of carbonyl (C=O) groups excluding carboxylic acids is 1. The van der Waals surface area contributed by atoms with E-state index in [2.05, 4.69) is 41.3 Å². The Balaban J connectivity index is 1.23. The number of carbonyl (C=O) groups is 1. The van der Waals surface area contributed by atoms with Gasteiger partial charge in [0.1, 0.15) is 34.6 Å². The van der Waals surface area contributed by atoms with E-state index in [0.29, 0.717) is 38.9 Å². The van der Waals surface area contributed by atoms with Crippen LogP contribution in [0.15, 0.2) is 34.3 Å². The molecular formula is C50H82BrN7O13. The zero-order valence-electron chi connectivity index (χ0n) is 43.9. The number of methoxy groups -OCH3 is 1. The van der Waals surface area contributed by atoms with Crippen LogP contribution in [-0.4, -0.2) is 198 Å². The first-order chi connectivity index (χ1) is 33.3. The van der Waals surface area contributed by atoms with Crippen LogP contribution in [0.2, 0.25) is 0 Å². The van der Waals surface area contributed by atoms with Crippen LogP contribution in [0.3, 0.4) is 0 Å². The topological polar surface area (TPSA) is 245 Å². The highest BCUT2D eigenvalue weighted by atomic mass is 79.9. The number of hydrogen-bond donors (Lipinski definition) is 5. The first kappa shape index (κ1) is 57.5. The van der Waals surface area contributed by atoms with E-state index in [1.54, 1.807) is 52.4 Å². The Morgan fingerprint density at radius 1 is 1.00 bits per heavy atom. The molecule has 0 spiro atoms. The third-order valence-electron chi connectivity index (χ3n) is 15.6. The third-order valence-corrected chi connectivity index (χ3v) is 16.1. The second-order valence-electron chi connectivity index (χ2n) is 21.7. The predicted molar refractivity (Wildman–Crippen MR) is 265 cm³/mol. The fourth-order valence-corrected chi connectivity index (χ4v) is 11.3. The minimum atomic E-state index is -1.84. The van der Waals surface area contributed by atoms with Crippen LogP contribution in [0.5, 0.6) is 0 Å². The number of aliphatic hydroxyl groups is 5. The fourth-order valence-electron chi connectivity index (χ4n) is 11.1. The summed E-state index contributed by atoms with van der Waals surface area (Å²) >= 11 is 3.37. The average molecular weight is 1070 g/mol. The number of hydrogen-bond acceptors (Lipinski definition) is 19. The number of nitrogens with zero attached hydrogens (tertiary/aromatic N) is 7. The fraction of sp³-hybridized carbons (Fsp3) is 0.820. The van der Waals surface area contributed by atoms with Gasteiger partial charge >= 0.3 is 5.97 Å². The zero-order valence-corrected chi connectivity index (χ0v) is 45.5. The summed E-state index contributed by atoms with van der Waals surface area (Å²) in [5.74, 6) is -2.78. The van der Waals surface area contributed by atoms with Gasteiger partial charge in [-0.3, -0.25) is 4.79 Å². The standard InChI is InChI=1S/C50H82BrN7O13/c1-14-38-50(10,64)43(60)31(6)57(12)24-27(2)21-48(8,63)45(29(4)42(30(5)46(62)68-38)69-40-22-49(9,65-13)44(61)32(7)67-40)70-47-41(59)37(19-28(3)66-47)56(11)18-17-34-25-58(55-53-34)26-35-20-36(54-71-35)33-15-16-39(51)52-23-33/h15-16,23,25,27-32,35,37-38,40-45,47,59-61,63-64H,14,17-22,24,26H2,1-13H3/t27-,28-,29+,30-,31-,32+,35-,37+,38-,40+,41-,42+,43-,44+,45-,47+,48-,49-,50-/m1/s1. The summed E-state index contributed by atoms with van der Waals surface area (Å²) in [4.78, 5) is 28.5. The second kappa shape index (κ2) is 23.8. The lowest BCUT2D eigenvalue weighted by atomic mass is 9.77. The Morgan fingerprint density at radius 3 is 2.38 bits per heavy atom. The monoisotopic (exact) mass is 1070 g/mol. The van der Waals surface area contributed by atoms with Crippen LogP contribution < -0.4 is 0 Å². The molecule has 0 aromatic carbocycles. The number of cyclic esters (lactones) is 1. The number of aliphatic hydroxyl groups excluding tert-OH is 3. The molecule has 5 N–H and O–H groups in total. The van der Waals surface area contributed by atoms with E-state index in [1.165, 1.54) is 14.0 Å². The van der Waals surface area contributed by atoms with Crippen molar-refractivity contribution in [2.75, 3.05) is 34.3 Å². The summed E-state index contributed by atoms with van der Waals surface area (Å²) in [6.07, 6.45) is -4.47. The van der Waals surface area contributed by atoms with E-state index < -0.39 is 102 Å². The normalized spacial score (nSPS) is 41.5. The summed E-state index contributed by atoms with van der Waals surface area (Å²) in [6, 6.07) is 2.81. The number of aromatic nitrogens is 4. The second-order valence-corrected chi connectivity index (χ2v) is 22.5. The van der Waals surface area contributed by atoms with E-state index in [0.717, 1.165) is 21.6 Å². The van der Waals surface area contributed by atoms with Gasteiger partial charge in [-0.05, 0) is 116 Å². The highest BCUT2D eigenvalue weighted by molar-refractivity contribution is 9.10. The smallest absolute Gasteiger partial charge is 0.311 e. The van der Waals surface area contributed by atoms with Crippen molar-refractivity contribution in [3.8, 4) is 0 Å². The van der Waals surface area contributed by atoms with Crippen LogP contribution >= 0.6 is 15.9 Å². The van der Waals surface area contributed by atoms with E-state index in [9.17, 15) is 30.3 Å². The molecule has 4 aliphatic heterocycles. The maximum absolute atomic E-state index is 14.5. The molecular weight excluding hydrogens is 986 g/mol. The molecule has 2 aromatic rings. The van der Waals surface area contributed by atoms with Gasteiger partial charge in [-0.2, -0.15) is 0 Å². The number of oxime groups is 1. The number of halogens is 1. The van der Waals surface area contributed by atoms with Gasteiger partial charge < -0.3 is 68.6 Å². The molecule has 0 aliphatic carbocycles. The van der Waals surface area contributed by atoms with Crippen molar-refractivity contribution in [2.45, 2.75) is 211 Å². The average Bonchev–Trinajstić information content (AvgIpc) is 3.99. The van der Waals surface area contributed by atoms with Crippen molar-refractivity contribution >= 4 is 27.6 Å². The maximum Gasteiger partial charge on any atom is 0.311 e. The Kier molecular flexibility index (Phi) is 19.3. The number of esters is 1. The summed E-state index contributed by atoms with van der Waals surface area (Å²) in [7, 11) is 5.28. The van der Waals surface area contributed by atoms with Crippen LogP contribution in [0.1, 0.15) is 113 Å². The maximum atomic E-state index is 14.5. The highest BCUT2D eigenvalue weighted by Gasteiger charge is 2.53. The van der Waals surface area contributed by atoms with Gasteiger partial charge in [0, 0.05) is 75.4 Å². The van der Waals surface area contributed by atoms with Gasteiger partial charge in [-0.25, -0.2) is 9.67 Å². The molecule has 3 saturated heterocycles. The minimum absolute atomic E-state index is 0.101. The van der Waals surface area contributed by atoms with Crippen molar-refractivity contribution in [1.82, 2.24) is 29.8 Å². The molecule has 0 amide bonds. The molecule has 19 atom stereocenters. The van der Waals surface area contributed by atoms with E-state index in [4.69, 9.17) is 33.3 Å². The Labute approximate surface area is 427 Å². The summed E-state index contributed by atoms with van der Waals surface area (Å²) < 4.78 is 40.8. The number of rotatable bonds is 13. The van der Waals surface area contributed by atoms with Crippen molar-refractivity contribution in [3.05, 3.63) is 40.4 Å². The molecule has 71 heavy (non-hydrogen) atoms.